The van der Waals surface area contributed by atoms with E-state index >= 15 is 0 Å². The summed E-state index contributed by atoms with van der Waals surface area (Å²) in [6.07, 6.45) is 14.8. The molecule has 164 valence electrons. The summed E-state index contributed by atoms with van der Waals surface area (Å²) in [5, 5.41) is 17.9. The first kappa shape index (κ1) is 20.3. The monoisotopic (exact) mass is 433 g/mol. The smallest absolute Gasteiger partial charge is 0.303 e. The Labute approximate surface area is 182 Å². The molecular weight excluding hydrogens is 402 g/mol. The molecule has 5 saturated carbocycles. The fourth-order valence-corrected chi connectivity index (χ4v) is 7.88. The quantitative estimate of drug-likeness (QED) is 0.651. The lowest BCUT2D eigenvalue weighted by atomic mass is 9.46. The molecule has 0 saturated heterocycles. The maximum Gasteiger partial charge on any atom is 0.303 e. The Morgan fingerprint density at radius 1 is 1.17 bits per heavy atom. The third-order valence-electron chi connectivity index (χ3n) is 8.26. The number of nitrogens with zero attached hydrogens (tertiary/aromatic N) is 2. The Balaban J connectivity index is 1.45. The van der Waals surface area contributed by atoms with E-state index in [0.717, 1.165) is 51.4 Å². The predicted octanol–water partition coefficient (Wildman–Crippen LogP) is 4.80. The molecule has 6 rings (SSSR count). The predicted molar refractivity (Wildman–Crippen MR) is 116 cm³/mol. The Hall–Kier alpha value is -1.56. The number of anilines is 1. The number of hydrogen-bond donors (Lipinski definition) is 2. The van der Waals surface area contributed by atoms with Crippen molar-refractivity contribution in [1.29, 1.82) is 0 Å². The van der Waals surface area contributed by atoms with E-state index in [1.807, 2.05) is 0 Å². The van der Waals surface area contributed by atoms with Gasteiger partial charge in [-0.3, -0.25) is 9.59 Å². The molecule has 2 N–H and O–H groups in total. The second-order valence-corrected chi connectivity index (χ2v) is 11.1. The first-order valence-corrected chi connectivity index (χ1v) is 12.0. The zero-order chi connectivity index (χ0) is 20.9. The fraction of sp³-hybridized carbons (Fsp3) is 0.783. The van der Waals surface area contributed by atoms with Crippen LogP contribution in [0.2, 0.25) is 5.02 Å². The minimum atomic E-state index is -0.728. The van der Waals surface area contributed by atoms with E-state index in [0.29, 0.717) is 23.6 Å². The molecule has 0 spiro atoms. The third kappa shape index (κ3) is 3.55. The second kappa shape index (κ2) is 7.54. The molecule has 0 aromatic carbocycles. The Bertz CT molecular complexity index is 876. The highest BCUT2D eigenvalue weighted by Crippen LogP contribution is 2.65. The molecule has 5 fully saturated rings. The number of nitrogens with one attached hydrogen (secondary N) is 1. The number of hydrogen-bond acceptors (Lipinski definition) is 4. The molecule has 1 aromatic rings. The maximum atomic E-state index is 13.4. The van der Waals surface area contributed by atoms with Gasteiger partial charge in [-0.15, -0.1) is 0 Å². The molecule has 5 aliphatic carbocycles. The van der Waals surface area contributed by atoms with E-state index in [-0.39, 0.29) is 28.0 Å². The fourth-order valence-electron chi connectivity index (χ4n) is 7.69. The van der Waals surface area contributed by atoms with Crippen LogP contribution in [0.25, 0.3) is 0 Å². The molecule has 7 heteroatoms. The highest BCUT2D eigenvalue weighted by Gasteiger charge is 2.59. The van der Waals surface area contributed by atoms with Crippen LogP contribution in [0.1, 0.15) is 83.5 Å². The van der Waals surface area contributed by atoms with Gasteiger partial charge >= 0.3 is 5.97 Å². The second-order valence-electron chi connectivity index (χ2n) is 10.7. The zero-order valence-electron chi connectivity index (χ0n) is 17.5. The molecule has 30 heavy (non-hydrogen) atoms. The normalized spacial score (nSPS) is 35.9. The van der Waals surface area contributed by atoms with Gasteiger partial charge in [-0.1, -0.05) is 37.3 Å². The zero-order valence-corrected chi connectivity index (χ0v) is 18.3. The highest BCUT2D eigenvalue weighted by atomic mass is 35.5. The van der Waals surface area contributed by atoms with Crippen molar-refractivity contribution < 1.29 is 9.90 Å². The number of carboxylic acids is 1. The lowest BCUT2D eigenvalue weighted by Gasteiger charge is -2.61. The van der Waals surface area contributed by atoms with Crippen LogP contribution < -0.4 is 10.9 Å². The van der Waals surface area contributed by atoms with Crippen molar-refractivity contribution in [3.63, 3.8) is 0 Å². The molecule has 0 radical (unpaired) electrons. The lowest BCUT2D eigenvalue weighted by molar-refractivity contribution is -0.151. The summed E-state index contributed by atoms with van der Waals surface area (Å²) < 4.78 is 1.64. The van der Waals surface area contributed by atoms with E-state index < -0.39 is 5.97 Å². The van der Waals surface area contributed by atoms with E-state index in [9.17, 15) is 14.7 Å². The van der Waals surface area contributed by atoms with Crippen LogP contribution in [0.5, 0.6) is 0 Å². The van der Waals surface area contributed by atoms with Gasteiger partial charge in [0.25, 0.3) is 5.56 Å². The Kier molecular flexibility index (Phi) is 5.11. The van der Waals surface area contributed by atoms with E-state index in [1.165, 1.54) is 25.7 Å². The molecule has 0 aliphatic heterocycles. The first-order valence-electron chi connectivity index (χ1n) is 11.6. The molecule has 2 unspecified atom stereocenters. The van der Waals surface area contributed by atoms with Crippen molar-refractivity contribution in [2.75, 3.05) is 5.32 Å². The summed E-state index contributed by atoms with van der Waals surface area (Å²) >= 11 is 6.59. The summed E-state index contributed by atoms with van der Waals surface area (Å²) in [5.74, 6) is 0.247. The number of halogens is 1. The average molecular weight is 434 g/mol. The maximum absolute atomic E-state index is 13.4. The SMILES string of the molecule is O=C(O)CC12C[C@H]3C[C@@H](C1)CC(n1ncc(NC4CCCCCC4)c(Cl)c1=O)(C3)C2. The molecule has 1 aromatic heterocycles. The highest BCUT2D eigenvalue weighted by molar-refractivity contribution is 6.32. The molecule has 4 bridgehead atoms. The minimum absolute atomic E-state index is 0.194. The van der Waals surface area contributed by atoms with Crippen molar-refractivity contribution in [3.8, 4) is 0 Å². The molecule has 5 aliphatic rings. The Morgan fingerprint density at radius 2 is 1.83 bits per heavy atom. The summed E-state index contributed by atoms with van der Waals surface area (Å²) in [4.78, 5) is 24.9. The van der Waals surface area contributed by atoms with Gasteiger partial charge in [0.2, 0.25) is 0 Å². The molecule has 6 nitrogen and oxygen atoms in total. The first-order chi connectivity index (χ1) is 14.4. The standard InChI is InChI=1S/C23H32ClN3O3/c24-20-18(26-17-5-3-1-2-4-6-17)13-25-27(21(20)30)23-10-15-7-16(11-23)9-22(8-15,14-23)12-19(28)29/h13,15-17,26H,1-12,14H2,(H,28,29)/t15-,16+,22?,23?. The van der Waals surface area contributed by atoms with Crippen LogP contribution in [0.15, 0.2) is 11.0 Å². The van der Waals surface area contributed by atoms with Crippen molar-refractivity contribution >= 4 is 23.3 Å². The van der Waals surface area contributed by atoms with Crippen molar-refractivity contribution in [2.45, 2.75) is 95.1 Å². The number of rotatable bonds is 5. The summed E-state index contributed by atoms with van der Waals surface area (Å²) in [6, 6.07) is 0.348. The van der Waals surface area contributed by atoms with Gasteiger partial charge in [0, 0.05) is 6.04 Å². The van der Waals surface area contributed by atoms with Crippen LogP contribution in [0.3, 0.4) is 0 Å². The van der Waals surface area contributed by atoms with Gasteiger partial charge in [0.1, 0.15) is 5.02 Å². The number of aliphatic carboxylic acids is 1. The van der Waals surface area contributed by atoms with Crippen molar-refractivity contribution in [1.82, 2.24) is 9.78 Å². The minimum Gasteiger partial charge on any atom is -0.481 e. The van der Waals surface area contributed by atoms with Crippen LogP contribution in [0.4, 0.5) is 5.69 Å². The van der Waals surface area contributed by atoms with Crippen LogP contribution in [0, 0.1) is 17.3 Å². The third-order valence-corrected chi connectivity index (χ3v) is 8.63. The van der Waals surface area contributed by atoms with Gasteiger partial charge < -0.3 is 10.4 Å². The van der Waals surface area contributed by atoms with Crippen LogP contribution in [-0.4, -0.2) is 26.9 Å². The van der Waals surface area contributed by atoms with Gasteiger partial charge in [0.15, 0.2) is 0 Å². The van der Waals surface area contributed by atoms with E-state index in [2.05, 4.69) is 10.4 Å². The van der Waals surface area contributed by atoms with E-state index in [4.69, 9.17) is 11.6 Å². The Morgan fingerprint density at radius 3 is 2.47 bits per heavy atom. The summed E-state index contributed by atoms with van der Waals surface area (Å²) in [6.45, 7) is 0. The van der Waals surface area contributed by atoms with Gasteiger partial charge in [-0.2, -0.15) is 5.10 Å². The average Bonchev–Trinajstić information content (AvgIpc) is 2.92. The molecule has 1 heterocycles. The number of carboxylic acid groups (broad SMARTS) is 1. The number of aromatic nitrogens is 2. The molecule has 4 atom stereocenters. The van der Waals surface area contributed by atoms with Gasteiger partial charge in [0.05, 0.1) is 23.8 Å². The topological polar surface area (TPSA) is 84.2 Å². The van der Waals surface area contributed by atoms with Crippen molar-refractivity contribution in [3.05, 3.63) is 21.6 Å². The van der Waals surface area contributed by atoms with Crippen LogP contribution >= 0.6 is 11.6 Å². The van der Waals surface area contributed by atoms with Crippen LogP contribution in [-0.2, 0) is 10.3 Å². The number of carbonyl (C=O) groups is 1. The largest absolute Gasteiger partial charge is 0.481 e. The van der Waals surface area contributed by atoms with Crippen molar-refractivity contribution in [2.24, 2.45) is 17.3 Å². The summed E-state index contributed by atoms with van der Waals surface area (Å²) in [5.41, 5.74) is -0.139. The van der Waals surface area contributed by atoms with E-state index in [1.54, 1.807) is 10.9 Å². The molecular formula is C23H32ClN3O3. The molecule has 0 amide bonds. The van der Waals surface area contributed by atoms with Gasteiger partial charge in [-0.25, -0.2) is 4.68 Å². The summed E-state index contributed by atoms with van der Waals surface area (Å²) in [7, 11) is 0. The lowest BCUT2D eigenvalue weighted by Crippen LogP contribution is -2.59. The van der Waals surface area contributed by atoms with Gasteiger partial charge in [-0.05, 0) is 68.6 Å².